The Labute approximate surface area is 122 Å². The number of aromatic nitrogens is 1. The Bertz CT molecular complexity index is 578. The van der Waals surface area contributed by atoms with Crippen molar-refractivity contribution in [2.24, 2.45) is 5.73 Å². The Morgan fingerprint density at radius 1 is 1.47 bits per heavy atom. The maximum absolute atomic E-state index is 5.62. The number of nitrogens with zero attached hydrogens (tertiary/aromatic N) is 1. The summed E-state index contributed by atoms with van der Waals surface area (Å²) in [6, 6.07) is 8.35. The van der Waals surface area contributed by atoms with E-state index in [0.29, 0.717) is 11.0 Å². The third-order valence-corrected chi connectivity index (χ3v) is 4.00. The summed E-state index contributed by atoms with van der Waals surface area (Å²) < 4.78 is 0. The van der Waals surface area contributed by atoms with Crippen LogP contribution in [0.25, 0.3) is 0 Å². The van der Waals surface area contributed by atoms with Gasteiger partial charge in [-0.15, -0.1) is 11.3 Å². The molecule has 2 rings (SSSR count). The number of hydrogen-bond acceptors (Lipinski definition) is 4. The minimum atomic E-state index is 0.312. The molecule has 1 unspecified atom stereocenters. The van der Waals surface area contributed by atoms with Crippen molar-refractivity contribution in [1.82, 2.24) is 4.98 Å². The molecule has 19 heavy (non-hydrogen) atoms. The molecule has 2 aromatic rings. The fraction of sp³-hybridized carbons (Fsp3) is 0.286. The van der Waals surface area contributed by atoms with Crippen molar-refractivity contribution in [3.8, 4) is 0 Å². The lowest BCUT2D eigenvalue weighted by atomic mass is 10.2. The molecule has 1 atom stereocenters. The summed E-state index contributed by atoms with van der Waals surface area (Å²) in [5, 5.41) is 3.38. The number of hydrogen-bond donors (Lipinski definition) is 2. The van der Waals surface area contributed by atoms with Crippen LogP contribution >= 0.6 is 23.6 Å². The van der Waals surface area contributed by atoms with E-state index in [2.05, 4.69) is 36.3 Å². The van der Waals surface area contributed by atoms with Crippen LogP contribution in [-0.2, 0) is 6.42 Å². The summed E-state index contributed by atoms with van der Waals surface area (Å²) in [6.07, 6.45) is 2.70. The predicted molar refractivity (Wildman–Crippen MR) is 86.0 cm³/mol. The second kappa shape index (κ2) is 6.12. The highest BCUT2D eigenvalue weighted by Crippen LogP contribution is 2.18. The molecule has 0 amide bonds. The second-order valence-electron chi connectivity index (χ2n) is 4.56. The molecule has 0 spiro atoms. The lowest BCUT2D eigenvalue weighted by Gasteiger charge is -2.14. The van der Waals surface area contributed by atoms with Gasteiger partial charge in [-0.2, -0.15) is 0 Å². The number of nitrogens with two attached hydrogens (primary N) is 1. The lowest BCUT2D eigenvalue weighted by molar-refractivity contribution is 0.794. The van der Waals surface area contributed by atoms with Gasteiger partial charge in [0.25, 0.3) is 0 Å². The first-order valence-electron chi connectivity index (χ1n) is 6.12. The molecule has 0 fully saturated rings. The van der Waals surface area contributed by atoms with Gasteiger partial charge in [0.05, 0.1) is 0 Å². The number of pyridine rings is 1. The molecule has 2 heterocycles. The third kappa shape index (κ3) is 4.01. The molecular weight excluding hydrogens is 274 g/mol. The van der Waals surface area contributed by atoms with Gasteiger partial charge in [-0.25, -0.2) is 4.98 Å². The highest BCUT2D eigenvalue weighted by atomic mass is 32.1. The van der Waals surface area contributed by atoms with E-state index in [9.17, 15) is 0 Å². The zero-order valence-electron chi connectivity index (χ0n) is 11.0. The summed E-state index contributed by atoms with van der Waals surface area (Å²) in [5.41, 5.74) is 6.46. The maximum atomic E-state index is 5.62. The first-order chi connectivity index (χ1) is 9.04. The molecule has 0 radical (unpaired) electrons. The number of nitrogens with one attached hydrogen (secondary N) is 1. The van der Waals surface area contributed by atoms with Crippen LogP contribution in [0.4, 0.5) is 5.82 Å². The number of thiocarbonyl (C=S) groups is 1. The Balaban J connectivity index is 2.00. The van der Waals surface area contributed by atoms with Crippen LogP contribution in [0.1, 0.15) is 22.2 Å². The van der Waals surface area contributed by atoms with Crippen LogP contribution in [0.15, 0.2) is 30.5 Å². The summed E-state index contributed by atoms with van der Waals surface area (Å²) in [5.74, 6) is 0.811. The number of rotatable bonds is 5. The normalized spacial score (nSPS) is 12.1. The van der Waals surface area contributed by atoms with E-state index in [4.69, 9.17) is 18.0 Å². The topological polar surface area (TPSA) is 50.9 Å². The average molecular weight is 291 g/mol. The van der Waals surface area contributed by atoms with Gasteiger partial charge >= 0.3 is 0 Å². The van der Waals surface area contributed by atoms with Gasteiger partial charge in [-0.3, -0.25) is 0 Å². The quantitative estimate of drug-likeness (QED) is 0.831. The highest BCUT2D eigenvalue weighted by molar-refractivity contribution is 7.80. The Morgan fingerprint density at radius 3 is 2.89 bits per heavy atom. The van der Waals surface area contributed by atoms with Crippen LogP contribution in [0.3, 0.4) is 0 Å². The van der Waals surface area contributed by atoms with E-state index in [1.165, 1.54) is 9.75 Å². The molecule has 0 aliphatic carbocycles. The standard InChI is InChI=1S/C14H17N3S2/c1-9(7-12-4-3-10(2)19-12)17-13-8-11(14(15)18)5-6-16-13/h3-6,8-9H,7H2,1-2H3,(H2,15,18)(H,16,17). The number of thiophene rings is 1. The van der Waals surface area contributed by atoms with E-state index in [1.54, 1.807) is 6.20 Å². The number of aryl methyl sites for hydroxylation is 1. The van der Waals surface area contributed by atoms with Gasteiger partial charge in [0, 0.05) is 34.0 Å². The molecule has 100 valence electrons. The van der Waals surface area contributed by atoms with Crippen molar-refractivity contribution in [3.05, 3.63) is 45.8 Å². The molecule has 3 N–H and O–H groups in total. The van der Waals surface area contributed by atoms with Gasteiger partial charge in [0.2, 0.25) is 0 Å². The fourth-order valence-corrected chi connectivity index (χ4v) is 3.01. The van der Waals surface area contributed by atoms with Crippen molar-refractivity contribution >= 4 is 34.4 Å². The zero-order valence-corrected chi connectivity index (χ0v) is 12.6. The molecule has 3 nitrogen and oxygen atoms in total. The van der Waals surface area contributed by atoms with Crippen LogP contribution in [0, 0.1) is 6.92 Å². The monoisotopic (exact) mass is 291 g/mol. The SMILES string of the molecule is Cc1ccc(CC(C)Nc2cc(C(N)=S)ccn2)s1. The predicted octanol–water partition coefficient (Wildman–Crippen LogP) is 3.13. The van der Waals surface area contributed by atoms with E-state index in [0.717, 1.165) is 17.8 Å². The van der Waals surface area contributed by atoms with Crippen LogP contribution in [-0.4, -0.2) is 16.0 Å². The molecule has 0 aromatic carbocycles. The maximum Gasteiger partial charge on any atom is 0.126 e. The van der Waals surface area contributed by atoms with Crippen molar-refractivity contribution in [1.29, 1.82) is 0 Å². The van der Waals surface area contributed by atoms with Gasteiger partial charge in [-0.1, -0.05) is 12.2 Å². The summed E-state index contributed by atoms with van der Waals surface area (Å²) >= 11 is 6.80. The van der Waals surface area contributed by atoms with Gasteiger partial charge in [-0.05, 0) is 38.1 Å². The number of anilines is 1. The largest absolute Gasteiger partial charge is 0.389 e. The first kappa shape index (κ1) is 14.0. The van der Waals surface area contributed by atoms with Crippen molar-refractivity contribution < 1.29 is 0 Å². The minimum absolute atomic E-state index is 0.312. The second-order valence-corrected chi connectivity index (χ2v) is 6.37. The molecule has 2 aromatic heterocycles. The van der Waals surface area contributed by atoms with Crippen molar-refractivity contribution in [3.63, 3.8) is 0 Å². The van der Waals surface area contributed by atoms with E-state index in [-0.39, 0.29) is 0 Å². The Kier molecular flexibility index (Phi) is 4.50. The Morgan fingerprint density at radius 2 is 2.26 bits per heavy atom. The fourth-order valence-electron chi connectivity index (χ4n) is 1.86. The summed E-state index contributed by atoms with van der Waals surface area (Å²) in [6.45, 7) is 4.27. The average Bonchev–Trinajstić information content (AvgIpc) is 2.74. The molecule has 0 aliphatic rings. The molecule has 0 saturated carbocycles. The van der Waals surface area contributed by atoms with E-state index < -0.39 is 0 Å². The van der Waals surface area contributed by atoms with Gasteiger partial charge in [0.1, 0.15) is 10.8 Å². The molecule has 0 bridgehead atoms. The van der Waals surface area contributed by atoms with E-state index >= 15 is 0 Å². The summed E-state index contributed by atoms with van der Waals surface area (Å²) in [4.78, 5) is 7.40. The molecular formula is C14H17N3S2. The minimum Gasteiger partial charge on any atom is -0.389 e. The molecule has 0 saturated heterocycles. The van der Waals surface area contributed by atoms with Gasteiger partial charge < -0.3 is 11.1 Å². The zero-order chi connectivity index (χ0) is 13.8. The smallest absolute Gasteiger partial charge is 0.126 e. The van der Waals surface area contributed by atoms with Gasteiger partial charge in [0.15, 0.2) is 0 Å². The van der Waals surface area contributed by atoms with Crippen molar-refractivity contribution in [2.75, 3.05) is 5.32 Å². The molecule has 0 aliphatic heterocycles. The lowest BCUT2D eigenvalue weighted by Crippen LogP contribution is -2.19. The van der Waals surface area contributed by atoms with E-state index in [1.807, 2.05) is 23.5 Å². The Hall–Kier alpha value is -1.46. The van der Waals surface area contributed by atoms with Crippen molar-refractivity contribution in [2.45, 2.75) is 26.3 Å². The highest BCUT2D eigenvalue weighted by Gasteiger charge is 2.07. The van der Waals surface area contributed by atoms with Crippen LogP contribution in [0.5, 0.6) is 0 Å². The van der Waals surface area contributed by atoms with Crippen LogP contribution in [0.2, 0.25) is 0 Å². The third-order valence-electron chi connectivity index (χ3n) is 2.74. The van der Waals surface area contributed by atoms with Crippen LogP contribution < -0.4 is 11.1 Å². The molecule has 5 heteroatoms. The summed E-state index contributed by atoms with van der Waals surface area (Å²) in [7, 11) is 0. The first-order valence-corrected chi connectivity index (χ1v) is 7.35.